The van der Waals surface area contributed by atoms with Crippen molar-refractivity contribution in [2.75, 3.05) is 0 Å². The van der Waals surface area contributed by atoms with E-state index in [0.29, 0.717) is 21.3 Å². The van der Waals surface area contributed by atoms with E-state index in [1.807, 2.05) is 13.0 Å². The molecule has 0 atom stereocenters. The van der Waals surface area contributed by atoms with E-state index in [9.17, 15) is 8.42 Å². The van der Waals surface area contributed by atoms with Crippen molar-refractivity contribution in [1.82, 2.24) is 0 Å². The lowest BCUT2D eigenvalue weighted by atomic mass is 10.2. The van der Waals surface area contributed by atoms with Crippen LogP contribution in [0.5, 0.6) is 5.75 Å². The highest BCUT2D eigenvalue weighted by molar-refractivity contribution is 7.87. The molecule has 3 rings (SSSR count). The van der Waals surface area contributed by atoms with Gasteiger partial charge in [0, 0.05) is 21.8 Å². The van der Waals surface area contributed by atoms with Crippen LogP contribution >= 0.6 is 23.2 Å². The molecule has 27 heavy (non-hydrogen) atoms. The van der Waals surface area contributed by atoms with Gasteiger partial charge < -0.3 is 4.18 Å². The summed E-state index contributed by atoms with van der Waals surface area (Å²) in [5, 5.41) is 1.03. The van der Waals surface area contributed by atoms with E-state index in [2.05, 4.69) is 4.99 Å². The van der Waals surface area contributed by atoms with E-state index in [4.69, 9.17) is 27.4 Å². The highest BCUT2D eigenvalue weighted by atomic mass is 35.5. The normalized spacial score (nSPS) is 11.7. The second-order valence-electron chi connectivity index (χ2n) is 5.67. The number of nitrogens with zero attached hydrogens (tertiary/aromatic N) is 1. The summed E-state index contributed by atoms with van der Waals surface area (Å²) in [7, 11) is -3.97. The third-order valence-corrected chi connectivity index (χ3v) is 5.68. The molecule has 0 saturated carbocycles. The van der Waals surface area contributed by atoms with Crippen LogP contribution < -0.4 is 4.18 Å². The summed E-state index contributed by atoms with van der Waals surface area (Å²) in [5.74, 6) is 0.131. The maximum absolute atomic E-state index is 12.5. The standard InChI is InChI=1S/C20H15Cl2NO3S/c1-14-18(22)8-5-9-19(14)23-13-15-12-16(21)10-11-20(15)26-27(24,25)17-6-3-2-4-7-17/h2-13H,1H3. The lowest BCUT2D eigenvalue weighted by Gasteiger charge is -2.10. The minimum absolute atomic E-state index is 0.0634. The molecule has 0 fully saturated rings. The van der Waals surface area contributed by atoms with E-state index < -0.39 is 10.1 Å². The van der Waals surface area contributed by atoms with Crippen LogP contribution in [0.15, 0.2) is 76.6 Å². The molecular formula is C20H15Cl2NO3S. The first kappa shape index (κ1) is 19.4. The maximum atomic E-state index is 12.5. The lowest BCUT2D eigenvalue weighted by molar-refractivity contribution is 0.485. The Labute approximate surface area is 168 Å². The van der Waals surface area contributed by atoms with Crippen molar-refractivity contribution < 1.29 is 12.6 Å². The van der Waals surface area contributed by atoms with Crippen LogP contribution in [0.1, 0.15) is 11.1 Å². The molecule has 0 aromatic heterocycles. The molecule has 7 heteroatoms. The summed E-state index contributed by atoms with van der Waals surface area (Å²) in [5.41, 5.74) is 1.91. The zero-order chi connectivity index (χ0) is 19.4. The highest BCUT2D eigenvalue weighted by Crippen LogP contribution is 2.28. The molecule has 0 amide bonds. The Morgan fingerprint density at radius 1 is 0.963 bits per heavy atom. The van der Waals surface area contributed by atoms with Gasteiger partial charge in [0.05, 0.1) is 5.69 Å². The van der Waals surface area contributed by atoms with Crippen LogP contribution in [0.4, 0.5) is 5.69 Å². The minimum Gasteiger partial charge on any atom is -0.378 e. The molecule has 3 aromatic carbocycles. The van der Waals surface area contributed by atoms with Crippen molar-refractivity contribution in [3.8, 4) is 5.75 Å². The van der Waals surface area contributed by atoms with E-state index in [0.717, 1.165) is 5.56 Å². The Balaban J connectivity index is 1.97. The van der Waals surface area contributed by atoms with Gasteiger partial charge in [0.15, 0.2) is 5.75 Å². The van der Waals surface area contributed by atoms with Crippen molar-refractivity contribution in [3.63, 3.8) is 0 Å². The zero-order valence-corrected chi connectivity index (χ0v) is 16.6. The van der Waals surface area contributed by atoms with Crippen molar-refractivity contribution in [2.24, 2.45) is 4.99 Å². The number of rotatable bonds is 5. The first-order chi connectivity index (χ1) is 12.9. The third kappa shape index (κ3) is 4.69. The molecule has 0 aliphatic heterocycles. The molecule has 0 unspecified atom stereocenters. The van der Waals surface area contributed by atoms with Gasteiger partial charge >= 0.3 is 10.1 Å². The van der Waals surface area contributed by atoms with Crippen LogP contribution in [0.2, 0.25) is 10.0 Å². The SMILES string of the molecule is Cc1c(Cl)cccc1N=Cc1cc(Cl)ccc1OS(=O)(=O)c1ccccc1. The van der Waals surface area contributed by atoms with Gasteiger partial charge in [-0.25, -0.2) is 0 Å². The quantitative estimate of drug-likeness (QED) is 0.386. The number of benzene rings is 3. The van der Waals surface area contributed by atoms with E-state index in [-0.39, 0.29) is 10.6 Å². The number of hydrogen-bond donors (Lipinski definition) is 0. The molecule has 0 N–H and O–H groups in total. The fourth-order valence-corrected chi connectivity index (χ4v) is 3.65. The average Bonchev–Trinajstić information content (AvgIpc) is 2.65. The fourth-order valence-electron chi connectivity index (χ4n) is 2.32. The summed E-state index contributed by atoms with van der Waals surface area (Å²) < 4.78 is 30.3. The number of halogens is 2. The predicted octanol–water partition coefficient (Wildman–Crippen LogP) is 5.82. The molecule has 3 aromatic rings. The van der Waals surface area contributed by atoms with Gasteiger partial charge in [0.1, 0.15) is 4.90 Å². The highest BCUT2D eigenvalue weighted by Gasteiger charge is 2.18. The van der Waals surface area contributed by atoms with Crippen LogP contribution in [-0.4, -0.2) is 14.6 Å². The van der Waals surface area contributed by atoms with Gasteiger partial charge in [-0.3, -0.25) is 4.99 Å². The third-order valence-electron chi connectivity index (χ3n) is 3.79. The number of hydrogen-bond acceptors (Lipinski definition) is 4. The molecule has 0 bridgehead atoms. The van der Waals surface area contributed by atoms with Gasteiger partial charge in [0.25, 0.3) is 0 Å². The average molecular weight is 420 g/mol. The first-order valence-corrected chi connectivity index (χ1v) is 10.1. The second kappa shape index (κ2) is 8.13. The lowest BCUT2D eigenvalue weighted by Crippen LogP contribution is -2.10. The zero-order valence-electron chi connectivity index (χ0n) is 14.3. The van der Waals surface area contributed by atoms with Crippen LogP contribution in [0.3, 0.4) is 0 Å². The smallest absolute Gasteiger partial charge is 0.339 e. The molecule has 0 saturated heterocycles. The van der Waals surface area contributed by atoms with E-state index in [1.54, 1.807) is 42.5 Å². The van der Waals surface area contributed by atoms with Gasteiger partial charge in [-0.05, 0) is 55.0 Å². The molecule has 4 nitrogen and oxygen atoms in total. The molecule has 138 valence electrons. The summed E-state index contributed by atoms with van der Waals surface area (Å²) in [6.45, 7) is 1.85. The number of aliphatic imine (C=N–C) groups is 1. The fraction of sp³-hybridized carbons (Fsp3) is 0.0500. The second-order valence-corrected chi connectivity index (χ2v) is 8.06. The summed E-state index contributed by atoms with van der Waals surface area (Å²) in [6, 6.07) is 17.9. The Kier molecular flexibility index (Phi) is 5.85. The maximum Gasteiger partial charge on any atom is 0.339 e. The molecule has 0 aliphatic carbocycles. The summed E-state index contributed by atoms with van der Waals surface area (Å²) in [4.78, 5) is 4.46. The molecule has 0 aliphatic rings. The summed E-state index contributed by atoms with van der Waals surface area (Å²) >= 11 is 12.2. The van der Waals surface area contributed by atoms with Crippen LogP contribution in [0.25, 0.3) is 0 Å². The molecule has 0 spiro atoms. The van der Waals surface area contributed by atoms with Gasteiger partial charge in [-0.2, -0.15) is 8.42 Å². The topological polar surface area (TPSA) is 55.7 Å². The Morgan fingerprint density at radius 3 is 2.44 bits per heavy atom. The minimum atomic E-state index is -3.97. The van der Waals surface area contributed by atoms with Crippen LogP contribution in [-0.2, 0) is 10.1 Å². The van der Waals surface area contributed by atoms with Crippen molar-refractivity contribution in [3.05, 3.63) is 87.9 Å². The van der Waals surface area contributed by atoms with E-state index >= 15 is 0 Å². The molecular weight excluding hydrogens is 405 g/mol. The van der Waals surface area contributed by atoms with E-state index in [1.165, 1.54) is 24.4 Å². The van der Waals surface area contributed by atoms with Crippen LogP contribution in [0, 0.1) is 6.92 Å². The van der Waals surface area contributed by atoms with Gasteiger partial charge in [-0.1, -0.05) is 47.5 Å². The largest absolute Gasteiger partial charge is 0.378 e. The van der Waals surface area contributed by atoms with Crippen molar-refractivity contribution in [1.29, 1.82) is 0 Å². The first-order valence-electron chi connectivity index (χ1n) is 7.95. The van der Waals surface area contributed by atoms with Gasteiger partial charge in [-0.15, -0.1) is 0 Å². The predicted molar refractivity (Wildman–Crippen MR) is 109 cm³/mol. The van der Waals surface area contributed by atoms with Crippen molar-refractivity contribution >= 4 is 45.2 Å². The Hall–Kier alpha value is -2.34. The monoisotopic (exact) mass is 419 g/mol. The molecule has 0 heterocycles. The van der Waals surface area contributed by atoms with Crippen molar-refractivity contribution in [2.45, 2.75) is 11.8 Å². The Bertz CT molecular complexity index is 1100. The summed E-state index contributed by atoms with van der Waals surface area (Å²) in [6.07, 6.45) is 1.50. The Morgan fingerprint density at radius 2 is 1.70 bits per heavy atom. The van der Waals surface area contributed by atoms with Gasteiger partial charge in [0.2, 0.25) is 0 Å². The molecule has 0 radical (unpaired) electrons.